The first-order valence-electron chi connectivity index (χ1n) is 6.62. The van der Waals surface area contributed by atoms with Crippen LogP contribution in [0.2, 0.25) is 0 Å². The Kier molecular flexibility index (Phi) is 4.91. The Bertz CT molecular complexity index is 561. The van der Waals surface area contributed by atoms with E-state index in [4.69, 9.17) is 4.74 Å². The summed E-state index contributed by atoms with van der Waals surface area (Å²) >= 11 is 0. The summed E-state index contributed by atoms with van der Waals surface area (Å²) in [6.45, 7) is 1.57. The Hall–Kier alpha value is -2.13. The molecule has 0 heterocycles. The Morgan fingerprint density at radius 1 is 1.05 bits per heavy atom. The molecule has 0 aliphatic rings. The molecule has 3 nitrogen and oxygen atoms in total. The fraction of sp³-hybridized carbons (Fsp3) is 0.235. The van der Waals surface area contributed by atoms with Gasteiger partial charge in [0.25, 0.3) is 0 Å². The molecule has 0 aliphatic carbocycles. The van der Waals surface area contributed by atoms with Crippen molar-refractivity contribution in [3.05, 3.63) is 54.1 Å². The molecule has 2 aromatic rings. The molecule has 0 aromatic heterocycles. The highest BCUT2D eigenvalue weighted by atomic mass is 16.5. The molecule has 0 atom stereocenters. The smallest absolute Gasteiger partial charge is 0.150 e. The average molecular weight is 269 g/mol. The van der Waals surface area contributed by atoms with Crippen LogP contribution >= 0.6 is 0 Å². The molecule has 0 amide bonds. The maximum Gasteiger partial charge on any atom is 0.150 e. The largest absolute Gasteiger partial charge is 0.492 e. The van der Waals surface area contributed by atoms with Gasteiger partial charge >= 0.3 is 0 Å². The minimum absolute atomic E-state index is 0.674. The molecule has 3 heteroatoms. The minimum atomic E-state index is 0.674. The zero-order valence-electron chi connectivity index (χ0n) is 11.9. The summed E-state index contributed by atoms with van der Waals surface area (Å²) in [5.41, 5.74) is 2.80. The van der Waals surface area contributed by atoms with Gasteiger partial charge in [-0.25, -0.2) is 0 Å². The van der Waals surface area contributed by atoms with Crippen LogP contribution in [-0.4, -0.2) is 38.4 Å². The van der Waals surface area contributed by atoms with Crippen molar-refractivity contribution in [2.45, 2.75) is 0 Å². The van der Waals surface area contributed by atoms with Crippen molar-refractivity contribution in [2.75, 3.05) is 27.2 Å². The number of aldehydes is 1. The summed E-state index contributed by atoms with van der Waals surface area (Å²) in [4.78, 5) is 12.9. The van der Waals surface area contributed by atoms with Crippen molar-refractivity contribution >= 4 is 6.29 Å². The van der Waals surface area contributed by atoms with E-state index in [-0.39, 0.29) is 0 Å². The van der Waals surface area contributed by atoms with Crippen LogP contribution in [0, 0.1) is 0 Å². The molecule has 0 saturated heterocycles. The monoisotopic (exact) mass is 269 g/mol. The second kappa shape index (κ2) is 6.87. The number of ether oxygens (including phenoxy) is 1. The number of likely N-dealkylation sites (N-methyl/N-ethyl adjacent to an activating group) is 1. The van der Waals surface area contributed by atoms with E-state index >= 15 is 0 Å². The van der Waals surface area contributed by atoms with E-state index < -0.39 is 0 Å². The van der Waals surface area contributed by atoms with E-state index in [1.807, 2.05) is 56.6 Å². The summed E-state index contributed by atoms with van der Waals surface area (Å²) in [7, 11) is 4.04. The van der Waals surface area contributed by atoms with E-state index in [2.05, 4.69) is 4.90 Å². The molecule has 2 rings (SSSR count). The third kappa shape index (κ3) is 3.93. The molecule has 0 saturated carbocycles. The Morgan fingerprint density at radius 3 is 2.45 bits per heavy atom. The molecular weight excluding hydrogens is 250 g/mol. The first-order chi connectivity index (χ1) is 9.69. The molecule has 0 spiro atoms. The van der Waals surface area contributed by atoms with E-state index in [0.717, 1.165) is 29.7 Å². The van der Waals surface area contributed by atoms with E-state index in [1.165, 1.54) is 0 Å². The van der Waals surface area contributed by atoms with Crippen LogP contribution in [-0.2, 0) is 0 Å². The predicted octanol–water partition coefficient (Wildman–Crippen LogP) is 3.11. The average Bonchev–Trinajstić information content (AvgIpc) is 2.48. The lowest BCUT2D eigenvalue weighted by molar-refractivity contribution is 0.112. The SMILES string of the molecule is CN(C)CCOc1ccc(-c2cccc(C=O)c2)cc1. The zero-order chi connectivity index (χ0) is 14.4. The lowest BCUT2D eigenvalue weighted by Gasteiger charge is -2.11. The molecule has 0 radical (unpaired) electrons. The molecule has 104 valence electrons. The van der Waals surface area contributed by atoms with Crippen LogP contribution in [0.5, 0.6) is 5.75 Å². The van der Waals surface area contributed by atoms with Gasteiger partial charge in [-0.05, 0) is 43.4 Å². The van der Waals surface area contributed by atoms with Crippen molar-refractivity contribution < 1.29 is 9.53 Å². The van der Waals surface area contributed by atoms with E-state index in [1.54, 1.807) is 6.07 Å². The second-order valence-electron chi connectivity index (χ2n) is 4.92. The summed E-state index contributed by atoms with van der Waals surface area (Å²) in [6.07, 6.45) is 0.863. The Morgan fingerprint density at radius 2 is 1.80 bits per heavy atom. The maximum atomic E-state index is 10.8. The number of hydrogen-bond acceptors (Lipinski definition) is 3. The van der Waals surface area contributed by atoms with Gasteiger partial charge in [0.2, 0.25) is 0 Å². The highest BCUT2D eigenvalue weighted by Gasteiger charge is 2.00. The normalized spacial score (nSPS) is 10.6. The topological polar surface area (TPSA) is 29.5 Å². The number of rotatable bonds is 6. The second-order valence-corrected chi connectivity index (χ2v) is 4.92. The fourth-order valence-corrected chi connectivity index (χ4v) is 1.88. The molecule has 0 N–H and O–H groups in total. The molecule has 2 aromatic carbocycles. The molecule has 0 unspecified atom stereocenters. The minimum Gasteiger partial charge on any atom is -0.492 e. The Balaban J connectivity index is 2.05. The first-order valence-corrected chi connectivity index (χ1v) is 6.62. The van der Waals surface area contributed by atoms with E-state index in [0.29, 0.717) is 12.2 Å². The van der Waals surface area contributed by atoms with Gasteiger partial charge < -0.3 is 9.64 Å². The molecule has 0 bridgehead atoms. The van der Waals surface area contributed by atoms with Gasteiger partial charge in [0.05, 0.1) is 0 Å². The van der Waals surface area contributed by atoms with Crippen molar-refractivity contribution in [1.82, 2.24) is 4.90 Å². The first kappa shape index (κ1) is 14.3. The van der Waals surface area contributed by atoms with E-state index in [9.17, 15) is 4.79 Å². The quantitative estimate of drug-likeness (QED) is 0.755. The third-order valence-corrected chi connectivity index (χ3v) is 3.02. The van der Waals surface area contributed by atoms with Gasteiger partial charge in [-0.15, -0.1) is 0 Å². The summed E-state index contributed by atoms with van der Waals surface area (Å²) in [5.74, 6) is 0.863. The van der Waals surface area contributed by atoms with Crippen molar-refractivity contribution in [2.24, 2.45) is 0 Å². The molecular formula is C17H19NO2. The summed E-state index contributed by atoms with van der Waals surface area (Å²) in [5, 5.41) is 0. The van der Waals surface area contributed by atoms with Crippen LogP contribution in [0.15, 0.2) is 48.5 Å². The van der Waals surface area contributed by atoms with Crippen LogP contribution in [0.4, 0.5) is 0 Å². The van der Waals surface area contributed by atoms with Gasteiger partial charge in [0.1, 0.15) is 18.6 Å². The van der Waals surface area contributed by atoms with Gasteiger partial charge in [-0.3, -0.25) is 4.79 Å². The van der Waals surface area contributed by atoms with Gasteiger partial charge in [0, 0.05) is 12.1 Å². The predicted molar refractivity (Wildman–Crippen MR) is 81.3 cm³/mol. The molecule has 0 aliphatic heterocycles. The van der Waals surface area contributed by atoms with Crippen LogP contribution in [0.1, 0.15) is 10.4 Å². The lowest BCUT2D eigenvalue weighted by atomic mass is 10.0. The standard InChI is InChI=1S/C17H19NO2/c1-18(2)10-11-20-17-8-6-15(7-9-17)16-5-3-4-14(12-16)13-19/h3-9,12-13H,10-11H2,1-2H3. The maximum absolute atomic E-state index is 10.8. The summed E-state index contributed by atoms with van der Waals surface area (Å²) in [6, 6.07) is 15.5. The third-order valence-electron chi connectivity index (χ3n) is 3.02. The number of hydrogen-bond donors (Lipinski definition) is 0. The van der Waals surface area contributed by atoms with Crippen LogP contribution < -0.4 is 4.74 Å². The number of nitrogens with zero attached hydrogens (tertiary/aromatic N) is 1. The van der Waals surface area contributed by atoms with Crippen molar-refractivity contribution in [3.63, 3.8) is 0 Å². The highest BCUT2D eigenvalue weighted by Crippen LogP contribution is 2.23. The molecule has 0 fully saturated rings. The summed E-state index contributed by atoms with van der Waals surface area (Å²) < 4.78 is 5.65. The van der Waals surface area contributed by atoms with Crippen LogP contribution in [0.25, 0.3) is 11.1 Å². The lowest BCUT2D eigenvalue weighted by Crippen LogP contribution is -2.19. The molecule has 20 heavy (non-hydrogen) atoms. The van der Waals surface area contributed by atoms with Gasteiger partial charge in [-0.1, -0.05) is 30.3 Å². The van der Waals surface area contributed by atoms with Crippen LogP contribution in [0.3, 0.4) is 0 Å². The van der Waals surface area contributed by atoms with Gasteiger partial charge in [0.15, 0.2) is 0 Å². The Labute approximate surface area is 119 Å². The zero-order valence-corrected chi connectivity index (χ0v) is 11.9. The highest BCUT2D eigenvalue weighted by molar-refractivity contribution is 5.78. The van der Waals surface area contributed by atoms with Crippen molar-refractivity contribution in [1.29, 1.82) is 0 Å². The number of carbonyl (C=O) groups is 1. The number of benzene rings is 2. The van der Waals surface area contributed by atoms with Crippen molar-refractivity contribution in [3.8, 4) is 16.9 Å². The fourth-order valence-electron chi connectivity index (χ4n) is 1.88. The van der Waals surface area contributed by atoms with Gasteiger partial charge in [-0.2, -0.15) is 0 Å². The number of carbonyl (C=O) groups excluding carboxylic acids is 1.